The van der Waals surface area contributed by atoms with Gasteiger partial charge in [0.15, 0.2) is 0 Å². The van der Waals surface area contributed by atoms with Crippen LogP contribution in [0.2, 0.25) is 0 Å². The molecule has 0 amide bonds. The summed E-state index contributed by atoms with van der Waals surface area (Å²) >= 11 is 3.42. The Labute approximate surface area is 118 Å². The second-order valence-electron chi connectivity index (χ2n) is 5.28. The van der Waals surface area contributed by atoms with Crippen LogP contribution in [0.15, 0.2) is 22.7 Å². The van der Waals surface area contributed by atoms with E-state index >= 15 is 0 Å². The largest absolute Gasteiger partial charge is 0.384 e. The van der Waals surface area contributed by atoms with E-state index in [9.17, 15) is 0 Å². The molecule has 1 aliphatic carbocycles. The van der Waals surface area contributed by atoms with E-state index in [1.54, 1.807) is 0 Å². The van der Waals surface area contributed by atoms with E-state index in [0.717, 1.165) is 28.5 Å². The van der Waals surface area contributed by atoms with E-state index in [-0.39, 0.29) is 0 Å². The quantitative estimate of drug-likeness (QED) is 0.888. The molecule has 1 aliphatic rings. The van der Waals surface area contributed by atoms with Crippen LogP contribution in [0.1, 0.15) is 38.2 Å². The molecule has 1 aromatic carbocycles. The van der Waals surface area contributed by atoms with Crippen molar-refractivity contribution in [1.29, 1.82) is 5.26 Å². The molecule has 0 bridgehead atoms. The number of anilines is 1. The lowest BCUT2D eigenvalue weighted by Gasteiger charge is -2.26. The van der Waals surface area contributed by atoms with Crippen LogP contribution in [0, 0.1) is 23.2 Å². The maximum absolute atomic E-state index is 9.15. The zero-order valence-corrected chi connectivity index (χ0v) is 12.3. The summed E-state index contributed by atoms with van der Waals surface area (Å²) in [5.74, 6) is 1.65. The van der Waals surface area contributed by atoms with E-state index < -0.39 is 0 Å². The van der Waals surface area contributed by atoms with E-state index in [0.29, 0.717) is 5.56 Å². The Morgan fingerprint density at radius 2 is 2.06 bits per heavy atom. The number of nitrogens with zero attached hydrogens (tertiary/aromatic N) is 1. The molecule has 0 spiro atoms. The molecule has 2 rings (SSSR count). The highest BCUT2D eigenvalue weighted by Gasteiger charge is 2.18. The number of rotatable bonds is 3. The molecule has 18 heavy (non-hydrogen) atoms. The highest BCUT2D eigenvalue weighted by molar-refractivity contribution is 9.10. The Hall–Kier alpha value is -1.01. The fourth-order valence-corrected chi connectivity index (χ4v) is 3.03. The summed E-state index contributed by atoms with van der Waals surface area (Å²) in [6.07, 6.45) is 5.31. The Balaban J connectivity index is 1.95. The van der Waals surface area contributed by atoms with Crippen molar-refractivity contribution in [2.24, 2.45) is 11.8 Å². The van der Waals surface area contributed by atoms with Crippen molar-refractivity contribution in [2.75, 3.05) is 11.9 Å². The standard InChI is InChI=1S/C15H19BrN2/c1-11-5-7-12(8-6-11)10-18-15-4-2-3-14(16)13(15)9-17/h2-4,11-12,18H,5-8,10H2,1H3. The van der Waals surface area contributed by atoms with Crippen LogP contribution < -0.4 is 5.32 Å². The van der Waals surface area contributed by atoms with E-state index in [4.69, 9.17) is 5.26 Å². The molecule has 0 aromatic heterocycles. The van der Waals surface area contributed by atoms with Gasteiger partial charge in [0, 0.05) is 11.0 Å². The SMILES string of the molecule is CC1CCC(CNc2cccc(Br)c2C#N)CC1. The highest BCUT2D eigenvalue weighted by Crippen LogP contribution is 2.29. The van der Waals surface area contributed by atoms with E-state index in [1.807, 2.05) is 18.2 Å². The lowest BCUT2D eigenvalue weighted by atomic mass is 9.83. The first kappa shape index (κ1) is 13.4. The molecule has 0 unspecified atom stereocenters. The Bertz CT molecular complexity index is 442. The lowest BCUT2D eigenvalue weighted by molar-refractivity contribution is 0.300. The van der Waals surface area contributed by atoms with Crippen molar-refractivity contribution in [3.63, 3.8) is 0 Å². The molecule has 1 N–H and O–H groups in total. The average Bonchev–Trinajstić information content (AvgIpc) is 2.38. The molecule has 0 heterocycles. The maximum Gasteiger partial charge on any atom is 0.103 e. The average molecular weight is 307 g/mol. The summed E-state index contributed by atoms with van der Waals surface area (Å²) in [5.41, 5.74) is 1.66. The van der Waals surface area contributed by atoms with Crippen LogP contribution in [-0.2, 0) is 0 Å². The third-order valence-electron chi connectivity index (χ3n) is 3.84. The smallest absolute Gasteiger partial charge is 0.103 e. The predicted octanol–water partition coefficient (Wildman–Crippen LogP) is 4.56. The zero-order valence-electron chi connectivity index (χ0n) is 10.7. The van der Waals surface area contributed by atoms with Gasteiger partial charge in [-0.15, -0.1) is 0 Å². The van der Waals surface area contributed by atoms with E-state index in [1.165, 1.54) is 25.7 Å². The third kappa shape index (κ3) is 3.26. The number of halogens is 1. The minimum atomic E-state index is 0.710. The molecule has 1 saturated carbocycles. The van der Waals surface area contributed by atoms with Gasteiger partial charge in [0.2, 0.25) is 0 Å². The molecule has 3 heteroatoms. The second kappa shape index (κ2) is 6.24. The van der Waals surface area contributed by atoms with Gasteiger partial charge in [-0.2, -0.15) is 5.26 Å². The summed E-state index contributed by atoms with van der Waals surface area (Å²) in [5, 5.41) is 12.6. The van der Waals surface area contributed by atoms with Gasteiger partial charge >= 0.3 is 0 Å². The van der Waals surface area contributed by atoms with Crippen LogP contribution >= 0.6 is 15.9 Å². The third-order valence-corrected chi connectivity index (χ3v) is 4.50. The van der Waals surface area contributed by atoms with Gasteiger partial charge in [-0.3, -0.25) is 0 Å². The number of nitrogens with one attached hydrogen (secondary N) is 1. The van der Waals surface area contributed by atoms with Gasteiger partial charge in [-0.25, -0.2) is 0 Å². The molecule has 0 radical (unpaired) electrons. The van der Waals surface area contributed by atoms with Crippen LogP contribution in [0.3, 0.4) is 0 Å². The summed E-state index contributed by atoms with van der Waals surface area (Å²) in [4.78, 5) is 0. The first-order chi connectivity index (χ1) is 8.70. The fraction of sp³-hybridized carbons (Fsp3) is 0.533. The molecule has 0 saturated heterocycles. The van der Waals surface area contributed by atoms with Crippen LogP contribution in [0.4, 0.5) is 5.69 Å². The van der Waals surface area contributed by atoms with Gasteiger partial charge in [-0.1, -0.05) is 25.8 Å². The van der Waals surface area contributed by atoms with Crippen molar-refractivity contribution in [2.45, 2.75) is 32.6 Å². The van der Waals surface area contributed by atoms with E-state index in [2.05, 4.69) is 34.2 Å². The second-order valence-corrected chi connectivity index (χ2v) is 6.14. The highest BCUT2D eigenvalue weighted by atomic mass is 79.9. The Morgan fingerprint density at radius 3 is 2.72 bits per heavy atom. The summed E-state index contributed by atoms with van der Waals surface area (Å²) < 4.78 is 0.868. The number of hydrogen-bond acceptors (Lipinski definition) is 2. The number of benzene rings is 1. The molecule has 2 nitrogen and oxygen atoms in total. The summed E-state index contributed by atoms with van der Waals surface area (Å²) in [6, 6.07) is 8.11. The van der Waals surface area contributed by atoms with Crippen molar-refractivity contribution < 1.29 is 0 Å². The molecular formula is C15H19BrN2. The van der Waals surface area contributed by atoms with Crippen molar-refractivity contribution in [3.8, 4) is 6.07 Å². The topological polar surface area (TPSA) is 35.8 Å². The molecule has 0 atom stereocenters. The normalized spacial score (nSPS) is 23.4. The minimum Gasteiger partial charge on any atom is -0.384 e. The van der Waals surface area contributed by atoms with Crippen LogP contribution in [-0.4, -0.2) is 6.54 Å². The van der Waals surface area contributed by atoms with Gasteiger partial charge in [0.25, 0.3) is 0 Å². The van der Waals surface area contributed by atoms with Gasteiger partial charge in [0.05, 0.1) is 11.3 Å². The van der Waals surface area contributed by atoms with Crippen LogP contribution in [0.25, 0.3) is 0 Å². The maximum atomic E-state index is 9.15. The molecule has 1 aromatic rings. The zero-order chi connectivity index (χ0) is 13.0. The monoisotopic (exact) mass is 306 g/mol. The summed E-state index contributed by atoms with van der Waals surface area (Å²) in [6.45, 7) is 3.32. The lowest BCUT2D eigenvalue weighted by Crippen LogP contribution is -2.20. The molecule has 1 fully saturated rings. The van der Waals surface area contributed by atoms with Crippen molar-refractivity contribution in [1.82, 2.24) is 0 Å². The number of nitriles is 1. The first-order valence-electron chi connectivity index (χ1n) is 6.63. The van der Waals surface area contributed by atoms with Gasteiger partial charge < -0.3 is 5.32 Å². The van der Waals surface area contributed by atoms with Crippen LogP contribution in [0.5, 0.6) is 0 Å². The van der Waals surface area contributed by atoms with Crippen molar-refractivity contribution in [3.05, 3.63) is 28.2 Å². The first-order valence-corrected chi connectivity index (χ1v) is 7.42. The molecular weight excluding hydrogens is 288 g/mol. The van der Waals surface area contributed by atoms with Crippen molar-refractivity contribution >= 4 is 21.6 Å². The molecule has 96 valence electrons. The Morgan fingerprint density at radius 1 is 1.33 bits per heavy atom. The summed E-state index contributed by atoms with van der Waals surface area (Å²) in [7, 11) is 0. The van der Waals surface area contributed by atoms with Gasteiger partial charge in [0.1, 0.15) is 6.07 Å². The minimum absolute atomic E-state index is 0.710. The number of hydrogen-bond donors (Lipinski definition) is 1. The van der Waals surface area contributed by atoms with Gasteiger partial charge in [-0.05, 0) is 52.7 Å². The molecule has 0 aliphatic heterocycles. The fourth-order valence-electron chi connectivity index (χ4n) is 2.57. The predicted molar refractivity (Wildman–Crippen MR) is 78.5 cm³/mol. The Kier molecular flexibility index (Phi) is 4.66.